The summed E-state index contributed by atoms with van der Waals surface area (Å²) in [4.78, 5) is 23.8. The second kappa shape index (κ2) is 6.66. The minimum atomic E-state index is 0.0706. The molecule has 6 heteroatoms. The second-order valence-corrected chi connectivity index (χ2v) is 7.31. The number of nitrogens with zero attached hydrogens (tertiary/aromatic N) is 3. The van der Waals surface area contributed by atoms with Crippen molar-refractivity contribution in [2.45, 2.75) is 52.3 Å². The van der Waals surface area contributed by atoms with Crippen molar-refractivity contribution in [1.29, 1.82) is 0 Å². The molecule has 0 N–H and O–H groups in total. The van der Waals surface area contributed by atoms with E-state index in [-0.39, 0.29) is 12.0 Å². The molecule has 2 aromatic heterocycles. The molecular weight excluding hydrogens is 310 g/mol. The number of rotatable bonds is 6. The lowest BCUT2D eigenvalue weighted by Gasteiger charge is -2.22. The van der Waals surface area contributed by atoms with Crippen LogP contribution in [-0.2, 0) is 6.54 Å². The molecule has 0 aliphatic heterocycles. The Morgan fingerprint density at radius 1 is 1.43 bits per heavy atom. The number of hydrogen-bond donors (Lipinski definition) is 0. The van der Waals surface area contributed by atoms with Gasteiger partial charge >= 0.3 is 0 Å². The smallest absolute Gasteiger partial charge is 0.266 e. The summed E-state index contributed by atoms with van der Waals surface area (Å²) in [5, 5.41) is 0.917. The van der Waals surface area contributed by atoms with E-state index in [0.29, 0.717) is 23.3 Å². The molecule has 0 saturated heterocycles. The summed E-state index contributed by atoms with van der Waals surface area (Å²) in [7, 11) is 0. The summed E-state index contributed by atoms with van der Waals surface area (Å²) in [5.41, 5.74) is 1.04. The largest absolute Gasteiger partial charge is 0.475 e. The van der Waals surface area contributed by atoms with Crippen LogP contribution < -0.4 is 4.74 Å². The molecule has 0 aromatic carbocycles. The van der Waals surface area contributed by atoms with Crippen LogP contribution in [0.3, 0.4) is 0 Å². The Labute approximate surface area is 140 Å². The third-order valence-electron chi connectivity index (χ3n) is 3.59. The van der Waals surface area contributed by atoms with E-state index < -0.39 is 0 Å². The fourth-order valence-corrected chi connectivity index (χ4v) is 3.14. The first-order chi connectivity index (χ1) is 11.0. The van der Waals surface area contributed by atoms with Gasteiger partial charge in [-0.2, -0.15) is 0 Å². The predicted molar refractivity (Wildman–Crippen MR) is 89.7 cm³/mol. The zero-order valence-corrected chi connectivity index (χ0v) is 14.5. The van der Waals surface area contributed by atoms with Gasteiger partial charge in [-0.05, 0) is 45.2 Å². The van der Waals surface area contributed by atoms with Crippen molar-refractivity contribution in [3.05, 3.63) is 40.0 Å². The topological polar surface area (TPSA) is 55.3 Å². The molecule has 0 bridgehead atoms. The van der Waals surface area contributed by atoms with E-state index in [4.69, 9.17) is 4.74 Å². The standard InChI is InChI=1S/C17H21N3O2S/c1-11(2)22-16-8-13(6-7-18-16)10-20(14-4-5-14)17(21)15-9-19-12(3)23-15/h6-9,11,14H,4-5,10H2,1-3H3. The van der Waals surface area contributed by atoms with Gasteiger partial charge in [0.2, 0.25) is 5.88 Å². The molecule has 1 fully saturated rings. The number of pyridine rings is 1. The van der Waals surface area contributed by atoms with E-state index in [1.165, 1.54) is 11.3 Å². The number of carbonyl (C=O) groups is 1. The van der Waals surface area contributed by atoms with Gasteiger partial charge < -0.3 is 9.64 Å². The molecule has 1 aliphatic rings. The SMILES string of the molecule is Cc1ncc(C(=O)N(Cc2ccnc(OC(C)C)c2)C2CC2)s1. The van der Waals surface area contributed by atoms with Crippen molar-refractivity contribution in [2.24, 2.45) is 0 Å². The average Bonchev–Trinajstić information content (AvgIpc) is 3.25. The molecule has 122 valence electrons. The monoisotopic (exact) mass is 331 g/mol. The molecular formula is C17H21N3O2S. The van der Waals surface area contributed by atoms with Crippen LogP contribution in [0.5, 0.6) is 5.88 Å². The Kier molecular flexibility index (Phi) is 4.61. The molecule has 0 atom stereocenters. The van der Waals surface area contributed by atoms with E-state index in [2.05, 4.69) is 9.97 Å². The van der Waals surface area contributed by atoms with Crippen LogP contribution in [0.15, 0.2) is 24.5 Å². The lowest BCUT2D eigenvalue weighted by atomic mass is 10.2. The van der Waals surface area contributed by atoms with Gasteiger partial charge in [-0.15, -0.1) is 11.3 Å². The summed E-state index contributed by atoms with van der Waals surface area (Å²) in [6.45, 7) is 6.44. The fourth-order valence-electron chi connectivity index (χ4n) is 2.41. The van der Waals surface area contributed by atoms with Crippen molar-refractivity contribution in [3.63, 3.8) is 0 Å². The summed E-state index contributed by atoms with van der Waals surface area (Å²) in [5.74, 6) is 0.676. The van der Waals surface area contributed by atoms with E-state index >= 15 is 0 Å². The van der Waals surface area contributed by atoms with Gasteiger partial charge in [0.25, 0.3) is 5.91 Å². The first-order valence-corrected chi connectivity index (χ1v) is 8.69. The van der Waals surface area contributed by atoms with E-state index in [0.717, 1.165) is 23.4 Å². The molecule has 5 nitrogen and oxygen atoms in total. The highest BCUT2D eigenvalue weighted by Crippen LogP contribution is 2.31. The first kappa shape index (κ1) is 15.9. The van der Waals surface area contributed by atoms with Gasteiger partial charge in [0.1, 0.15) is 4.88 Å². The number of amides is 1. The summed E-state index contributed by atoms with van der Waals surface area (Å²) in [6, 6.07) is 4.20. The lowest BCUT2D eigenvalue weighted by molar-refractivity contribution is 0.0734. The van der Waals surface area contributed by atoms with Crippen molar-refractivity contribution in [2.75, 3.05) is 0 Å². The Morgan fingerprint density at radius 3 is 2.83 bits per heavy atom. The Balaban J connectivity index is 1.76. The number of hydrogen-bond acceptors (Lipinski definition) is 5. The van der Waals surface area contributed by atoms with Crippen LogP contribution in [0.4, 0.5) is 0 Å². The van der Waals surface area contributed by atoms with Crippen LogP contribution in [0.1, 0.15) is 46.9 Å². The zero-order valence-electron chi connectivity index (χ0n) is 13.7. The third-order valence-corrected chi connectivity index (χ3v) is 4.49. The maximum Gasteiger partial charge on any atom is 0.266 e. The second-order valence-electron chi connectivity index (χ2n) is 6.08. The number of aryl methyl sites for hydroxylation is 1. The van der Waals surface area contributed by atoms with Crippen LogP contribution in [0, 0.1) is 6.92 Å². The van der Waals surface area contributed by atoms with Gasteiger partial charge in [0.15, 0.2) is 0 Å². The average molecular weight is 331 g/mol. The van der Waals surface area contributed by atoms with Crippen molar-refractivity contribution >= 4 is 17.2 Å². The van der Waals surface area contributed by atoms with Crippen LogP contribution in [0.2, 0.25) is 0 Å². The number of ether oxygens (including phenoxy) is 1. The van der Waals surface area contributed by atoms with Crippen LogP contribution in [0.25, 0.3) is 0 Å². The normalized spacial score (nSPS) is 14.1. The molecule has 0 spiro atoms. The molecule has 1 saturated carbocycles. The molecule has 23 heavy (non-hydrogen) atoms. The van der Waals surface area contributed by atoms with Crippen molar-refractivity contribution in [3.8, 4) is 5.88 Å². The summed E-state index contributed by atoms with van der Waals surface area (Å²) in [6.07, 6.45) is 5.64. The van der Waals surface area contributed by atoms with Gasteiger partial charge in [-0.1, -0.05) is 0 Å². The van der Waals surface area contributed by atoms with Gasteiger partial charge in [-0.3, -0.25) is 4.79 Å². The zero-order chi connectivity index (χ0) is 16.4. The molecule has 2 heterocycles. The Bertz CT molecular complexity index is 695. The van der Waals surface area contributed by atoms with E-state index in [1.54, 1.807) is 12.4 Å². The molecule has 1 amide bonds. The third kappa shape index (κ3) is 4.07. The van der Waals surface area contributed by atoms with Crippen LogP contribution in [-0.4, -0.2) is 32.9 Å². The number of thiazole rings is 1. The quantitative estimate of drug-likeness (QED) is 0.813. The molecule has 1 aliphatic carbocycles. The van der Waals surface area contributed by atoms with Gasteiger partial charge in [0, 0.05) is 24.8 Å². The van der Waals surface area contributed by atoms with E-state index in [1.807, 2.05) is 37.8 Å². The van der Waals surface area contributed by atoms with Crippen LogP contribution >= 0.6 is 11.3 Å². The lowest BCUT2D eigenvalue weighted by Crippen LogP contribution is -2.32. The molecule has 0 radical (unpaired) electrons. The fraction of sp³-hybridized carbons (Fsp3) is 0.471. The molecule has 0 unspecified atom stereocenters. The Hall–Kier alpha value is -1.95. The summed E-state index contributed by atoms with van der Waals surface area (Å²) < 4.78 is 5.64. The van der Waals surface area contributed by atoms with Gasteiger partial charge in [0.05, 0.1) is 17.3 Å². The number of carbonyl (C=O) groups excluding carboxylic acids is 1. The van der Waals surface area contributed by atoms with Crippen molar-refractivity contribution < 1.29 is 9.53 Å². The highest BCUT2D eigenvalue weighted by atomic mass is 32.1. The molecule has 3 rings (SSSR count). The highest BCUT2D eigenvalue weighted by Gasteiger charge is 2.33. The maximum atomic E-state index is 12.8. The molecule has 2 aromatic rings. The van der Waals surface area contributed by atoms with Crippen molar-refractivity contribution in [1.82, 2.24) is 14.9 Å². The number of aromatic nitrogens is 2. The van der Waals surface area contributed by atoms with E-state index in [9.17, 15) is 4.79 Å². The minimum Gasteiger partial charge on any atom is -0.475 e. The Morgan fingerprint density at radius 2 is 2.22 bits per heavy atom. The van der Waals surface area contributed by atoms with Gasteiger partial charge in [-0.25, -0.2) is 9.97 Å². The predicted octanol–water partition coefficient (Wildman–Crippen LogP) is 3.44. The summed E-state index contributed by atoms with van der Waals surface area (Å²) >= 11 is 1.45. The highest BCUT2D eigenvalue weighted by molar-refractivity contribution is 7.13. The minimum absolute atomic E-state index is 0.0706. The first-order valence-electron chi connectivity index (χ1n) is 7.88. The maximum absolute atomic E-state index is 12.8.